The van der Waals surface area contributed by atoms with Crippen LogP contribution in [-0.2, 0) is 0 Å². The van der Waals surface area contributed by atoms with Gasteiger partial charge in [0.05, 0.1) is 0 Å². The van der Waals surface area contributed by atoms with Crippen LogP contribution in [0, 0.1) is 12.8 Å². The van der Waals surface area contributed by atoms with E-state index in [9.17, 15) is 0 Å². The van der Waals surface area contributed by atoms with E-state index < -0.39 is 0 Å². The number of aryl methyl sites for hydroxylation is 1. The van der Waals surface area contributed by atoms with Gasteiger partial charge in [-0.05, 0) is 50.4 Å². The molecule has 0 atom stereocenters. The highest BCUT2D eigenvalue weighted by molar-refractivity contribution is 5.63. The van der Waals surface area contributed by atoms with E-state index in [2.05, 4.69) is 63.4 Å². The minimum atomic E-state index is 0.733. The summed E-state index contributed by atoms with van der Waals surface area (Å²) in [5.74, 6) is 0.733. The number of benzene rings is 1. The predicted molar refractivity (Wildman–Crippen MR) is 77.2 cm³/mol. The van der Waals surface area contributed by atoms with Gasteiger partial charge in [0, 0.05) is 0 Å². The molecule has 17 heavy (non-hydrogen) atoms. The fourth-order valence-corrected chi connectivity index (χ4v) is 1.72. The van der Waals surface area contributed by atoms with Crippen molar-refractivity contribution in [3.63, 3.8) is 0 Å². The number of rotatable bonds is 6. The molecule has 1 N–H and O–H groups in total. The summed E-state index contributed by atoms with van der Waals surface area (Å²) in [4.78, 5) is 0. The molecule has 1 heteroatoms. The van der Waals surface area contributed by atoms with Gasteiger partial charge in [-0.1, -0.05) is 49.8 Å². The molecule has 0 aliphatic carbocycles. The third kappa shape index (κ3) is 5.69. The van der Waals surface area contributed by atoms with Gasteiger partial charge in [-0.2, -0.15) is 0 Å². The number of hydrogen-bond donors (Lipinski definition) is 1. The maximum Gasteiger partial charge on any atom is -0.00139 e. The molecule has 1 rings (SSSR count). The summed E-state index contributed by atoms with van der Waals surface area (Å²) in [5.41, 5.74) is 4.02. The lowest BCUT2D eigenvalue weighted by Crippen LogP contribution is -2.20. The smallest absolute Gasteiger partial charge is 0.00139 e. The molecule has 0 unspecified atom stereocenters. The second kappa shape index (κ2) is 7.29. The van der Waals surface area contributed by atoms with Crippen molar-refractivity contribution < 1.29 is 0 Å². The number of hydrogen-bond acceptors (Lipinski definition) is 1. The molecule has 0 radical (unpaired) electrons. The fraction of sp³-hybridized carbons (Fsp3) is 0.500. The van der Waals surface area contributed by atoms with Crippen molar-refractivity contribution in [3.05, 3.63) is 41.5 Å². The lowest BCUT2D eigenvalue weighted by molar-refractivity contribution is 0.557. The van der Waals surface area contributed by atoms with Crippen molar-refractivity contribution in [1.29, 1.82) is 0 Å². The summed E-state index contributed by atoms with van der Waals surface area (Å²) < 4.78 is 0. The fourth-order valence-electron chi connectivity index (χ4n) is 1.72. The summed E-state index contributed by atoms with van der Waals surface area (Å²) >= 11 is 0. The first-order chi connectivity index (χ1) is 8.09. The maximum absolute atomic E-state index is 3.46. The molecule has 94 valence electrons. The molecule has 1 aromatic rings. The van der Waals surface area contributed by atoms with E-state index in [1.807, 2.05) is 0 Å². The second-order valence-electron chi connectivity index (χ2n) is 5.14. The zero-order valence-electron chi connectivity index (χ0n) is 11.6. The van der Waals surface area contributed by atoms with E-state index in [-0.39, 0.29) is 0 Å². The van der Waals surface area contributed by atoms with E-state index in [4.69, 9.17) is 0 Å². The quantitative estimate of drug-likeness (QED) is 0.729. The molecule has 0 bridgehead atoms. The van der Waals surface area contributed by atoms with Crippen LogP contribution in [0.5, 0.6) is 0 Å². The van der Waals surface area contributed by atoms with Gasteiger partial charge in [-0.3, -0.25) is 0 Å². The van der Waals surface area contributed by atoms with Gasteiger partial charge in [0.15, 0.2) is 0 Å². The first-order valence-corrected chi connectivity index (χ1v) is 6.54. The summed E-state index contributed by atoms with van der Waals surface area (Å²) in [6, 6.07) is 8.73. The van der Waals surface area contributed by atoms with E-state index in [0.717, 1.165) is 25.4 Å². The zero-order chi connectivity index (χ0) is 12.7. The first-order valence-electron chi connectivity index (χ1n) is 6.54. The Morgan fingerprint density at radius 2 is 1.88 bits per heavy atom. The van der Waals surface area contributed by atoms with Crippen LogP contribution in [0.25, 0.3) is 5.57 Å². The third-order valence-electron chi connectivity index (χ3n) is 2.83. The van der Waals surface area contributed by atoms with Crippen LogP contribution in [0.15, 0.2) is 30.3 Å². The van der Waals surface area contributed by atoms with Gasteiger partial charge in [0.2, 0.25) is 0 Å². The van der Waals surface area contributed by atoms with Crippen LogP contribution in [0.1, 0.15) is 38.3 Å². The topological polar surface area (TPSA) is 12.0 Å². The molecule has 0 aliphatic rings. The Kier molecular flexibility index (Phi) is 5.99. The van der Waals surface area contributed by atoms with Gasteiger partial charge in [-0.25, -0.2) is 0 Å². The molecule has 0 saturated carbocycles. The third-order valence-corrected chi connectivity index (χ3v) is 2.83. The highest BCUT2D eigenvalue weighted by Gasteiger charge is 1.95. The van der Waals surface area contributed by atoms with E-state index in [0.29, 0.717) is 0 Å². The van der Waals surface area contributed by atoms with Gasteiger partial charge in [-0.15, -0.1) is 0 Å². The molecule has 0 aliphatic heterocycles. The van der Waals surface area contributed by atoms with Crippen LogP contribution >= 0.6 is 0 Å². The second-order valence-corrected chi connectivity index (χ2v) is 5.14. The molecule has 0 amide bonds. The molecule has 0 saturated heterocycles. The molecule has 0 fully saturated rings. The Labute approximate surface area is 106 Å². The number of allylic oxidation sites excluding steroid dienone is 1. The predicted octanol–water partition coefficient (Wildman–Crippen LogP) is 4.03. The maximum atomic E-state index is 3.46. The summed E-state index contributed by atoms with van der Waals surface area (Å²) in [6.07, 6.45) is 3.42. The Hall–Kier alpha value is -1.08. The Bertz CT molecular complexity index is 346. The van der Waals surface area contributed by atoms with Crippen LogP contribution in [0.2, 0.25) is 0 Å². The highest BCUT2D eigenvalue weighted by atomic mass is 14.8. The van der Waals surface area contributed by atoms with E-state index >= 15 is 0 Å². The minimum absolute atomic E-state index is 0.733. The highest BCUT2D eigenvalue weighted by Crippen LogP contribution is 2.14. The molecule has 0 spiro atoms. The average molecular weight is 231 g/mol. The standard InChI is InChI=1S/C16H25N/c1-13(2)12-17-11-5-6-15(4)16-9-7-14(3)8-10-16/h6-10,13,17H,5,11-12H2,1-4H3. The first kappa shape index (κ1) is 14.0. The Morgan fingerprint density at radius 1 is 1.24 bits per heavy atom. The average Bonchev–Trinajstić information content (AvgIpc) is 2.29. The van der Waals surface area contributed by atoms with Crippen molar-refractivity contribution in [2.75, 3.05) is 13.1 Å². The van der Waals surface area contributed by atoms with Crippen molar-refractivity contribution in [2.45, 2.75) is 34.1 Å². The van der Waals surface area contributed by atoms with E-state index in [1.165, 1.54) is 16.7 Å². The van der Waals surface area contributed by atoms with Crippen LogP contribution in [-0.4, -0.2) is 13.1 Å². The van der Waals surface area contributed by atoms with E-state index in [1.54, 1.807) is 0 Å². The molecule has 0 heterocycles. The molecule has 1 nitrogen and oxygen atoms in total. The Balaban J connectivity index is 2.36. The van der Waals surface area contributed by atoms with Crippen molar-refractivity contribution >= 4 is 5.57 Å². The summed E-state index contributed by atoms with van der Waals surface area (Å²) in [7, 11) is 0. The minimum Gasteiger partial charge on any atom is -0.316 e. The molecular weight excluding hydrogens is 206 g/mol. The lowest BCUT2D eigenvalue weighted by Gasteiger charge is -2.06. The normalized spacial score (nSPS) is 12.2. The monoisotopic (exact) mass is 231 g/mol. The van der Waals surface area contributed by atoms with Crippen LogP contribution < -0.4 is 5.32 Å². The lowest BCUT2D eigenvalue weighted by atomic mass is 10.0. The van der Waals surface area contributed by atoms with Gasteiger partial charge >= 0.3 is 0 Å². The molecule has 0 aromatic heterocycles. The van der Waals surface area contributed by atoms with Gasteiger partial charge < -0.3 is 5.32 Å². The van der Waals surface area contributed by atoms with Crippen molar-refractivity contribution in [2.24, 2.45) is 5.92 Å². The van der Waals surface area contributed by atoms with Crippen molar-refractivity contribution in [1.82, 2.24) is 5.32 Å². The number of nitrogens with one attached hydrogen (secondary N) is 1. The van der Waals surface area contributed by atoms with Crippen LogP contribution in [0.4, 0.5) is 0 Å². The zero-order valence-corrected chi connectivity index (χ0v) is 11.6. The molecule has 1 aromatic carbocycles. The summed E-state index contributed by atoms with van der Waals surface area (Å²) in [6.45, 7) is 11.0. The SMILES string of the molecule is CC(=CCCNCC(C)C)c1ccc(C)cc1. The Morgan fingerprint density at radius 3 is 2.47 bits per heavy atom. The largest absolute Gasteiger partial charge is 0.316 e. The van der Waals surface area contributed by atoms with Gasteiger partial charge in [0.1, 0.15) is 0 Å². The van der Waals surface area contributed by atoms with Gasteiger partial charge in [0.25, 0.3) is 0 Å². The summed E-state index contributed by atoms with van der Waals surface area (Å²) in [5, 5.41) is 3.46. The van der Waals surface area contributed by atoms with Crippen LogP contribution in [0.3, 0.4) is 0 Å². The van der Waals surface area contributed by atoms with Crippen molar-refractivity contribution in [3.8, 4) is 0 Å². The molecular formula is C16H25N.